The largest absolute Gasteiger partial charge is 0.462 e. The summed E-state index contributed by atoms with van der Waals surface area (Å²) in [4.78, 5) is 24.6. The number of alkyl halides is 3. The predicted molar refractivity (Wildman–Crippen MR) is 86.8 cm³/mol. The van der Waals surface area contributed by atoms with E-state index in [1.807, 2.05) is 0 Å². The molecule has 0 aromatic heterocycles. The van der Waals surface area contributed by atoms with Crippen LogP contribution < -0.4 is 0 Å². The summed E-state index contributed by atoms with van der Waals surface area (Å²) < 4.78 is 42.7. The minimum Gasteiger partial charge on any atom is -0.462 e. The molecule has 0 fully saturated rings. The van der Waals surface area contributed by atoms with Crippen LogP contribution in [0.15, 0.2) is 60.2 Å². The summed E-state index contributed by atoms with van der Waals surface area (Å²) in [5.74, 6) is -1.38. The van der Waals surface area contributed by atoms with Gasteiger partial charge in [0.05, 0.1) is 12.2 Å². The van der Waals surface area contributed by atoms with Crippen LogP contribution in [-0.2, 0) is 15.7 Å². The van der Waals surface area contributed by atoms with E-state index in [1.165, 1.54) is 18.2 Å². The Labute approximate surface area is 142 Å². The molecule has 0 spiro atoms. The lowest BCUT2D eigenvalue weighted by Gasteiger charge is -2.08. The fraction of sp³-hybridized carbons (Fsp3) is 0.158. The molecular formula is C19H15F3O3. The molecule has 0 aliphatic carbocycles. The first-order chi connectivity index (χ1) is 11.8. The minimum atomic E-state index is -4.45. The molecule has 6 heteroatoms. The quantitative estimate of drug-likeness (QED) is 0.262. The number of carbonyl (C=O) groups is 2. The highest BCUT2D eigenvalue weighted by Gasteiger charge is 2.30. The maximum atomic E-state index is 12.6. The monoisotopic (exact) mass is 348 g/mol. The van der Waals surface area contributed by atoms with Crippen LogP contribution in [0.5, 0.6) is 0 Å². The normalized spacial score (nSPS) is 11.9. The van der Waals surface area contributed by atoms with Crippen LogP contribution >= 0.6 is 0 Å². The molecule has 0 saturated carbocycles. The van der Waals surface area contributed by atoms with Gasteiger partial charge in [-0.3, -0.25) is 4.79 Å². The Morgan fingerprint density at radius 3 is 2.12 bits per heavy atom. The van der Waals surface area contributed by atoms with Gasteiger partial charge in [-0.1, -0.05) is 42.5 Å². The highest BCUT2D eigenvalue weighted by molar-refractivity contribution is 6.26. The van der Waals surface area contributed by atoms with Gasteiger partial charge in [0.15, 0.2) is 5.78 Å². The van der Waals surface area contributed by atoms with Crippen molar-refractivity contribution in [2.24, 2.45) is 0 Å². The minimum absolute atomic E-state index is 0.0747. The first-order valence-corrected chi connectivity index (χ1v) is 7.48. The third-order valence-corrected chi connectivity index (χ3v) is 3.32. The van der Waals surface area contributed by atoms with E-state index in [-0.39, 0.29) is 17.7 Å². The second-order valence-electron chi connectivity index (χ2n) is 5.09. The number of Topliss-reactive ketones (excluding diaryl/α,β-unsaturated/α-hetero) is 1. The fourth-order valence-electron chi connectivity index (χ4n) is 2.11. The molecule has 0 atom stereocenters. The zero-order valence-electron chi connectivity index (χ0n) is 13.3. The fourth-order valence-corrected chi connectivity index (χ4v) is 2.11. The molecule has 2 rings (SSSR count). The first-order valence-electron chi connectivity index (χ1n) is 7.48. The van der Waals surface area contributed by atoms with E-state index >= 15 is 0 Å². The molecule has 0 saturated heterocycles. The Morgan fingerprint density at radius 2 is 1.60 bits per heavy atom. The van der Waals surface area contributed by atoms with Crippen LogP contribution in [0.2, 0.25) is 0 Å². The summed E-state index contributed by atoms with van der Waals surface area (Å²) >= 11 is 0. The summed E-state index contributed by atoms with van der Waals surface area (Å²) in [6.45, 7) is 1.67. The van der Waals surface area contributed by atoms with Crippen LogP contribution in [0.3, 0.4) is 0 Å². The van der Waals surface area contributed by atoms with Gasteiger partial charge < -0.3 is 4.74 Å². The third kappa shape index (κ3) is 4.79. The van der Waals surface area contributed by atoms with Gasteiger partial charge in [-0.25, -0.2) is 4.79 Å². The molecule has 0 radical (unpaired) electrons. The van der Waals surface area contributed by atoms with E-state index in [9.17, 15) is 22.8 Å². The molecule has 2 aromatic carbocycles. The predicted octanol–water partition coefficient (Wildman–Crippen LogP) is 4.53. The maximum Gasteiger partial charge on any atom is 0.416 e. The van der Waals surface area contributed by atoms with E-state index < -0.39 is 23.5 Å². The van der Waals surface area contributed by atoms with Crippen LogP contribution in [0.1, 0.15) is 28.4 Å². The molecule has 0 aliphatic heterocycles. The molecule has 0 amide bonds. The summed E-state index contributed by atoms with van der Waals surface area (Å²) in [6, 6.07) is 12.3. The molecule has 0 aliphatic rings. The zero-order chi connectivity index (χ0) is 18.4. The topological polar surface area (TPSA) is 43.4 Å². The number of hydrogen-bond donors (Lipinski definition) is 0. The SMILES string of the molecule is CCOC(=O)/C(=C/c1ccc(C(F)(F)F)cc1)C(=O)c1ccccc1. The molecule has 130 valence electrons. The maximum absolute atomic E-state index is 12.6. The molecule has 0 heterocycles. The average molecular weight is 348 g/mol. The lowest BCUT2D eigenvalue weighted by Crippen LogP contribution is -2.16. The number of ketones is 1. The third-order valence-electron chi connectivity index (χ3n) is 3.32. The summed E-state index contributed by atoms with van der Waals surface area (Å²) in [6.07, 6.45) is -3.22. The van der Waals surface area contributed by atoms with Gasteiger partial charge in [0, 0.05) is 5.56 Å². The lowest BCUT2D eigenvalue weighted by molar-refractivity contribution is -0.138. The number of carbonyl (C=O) groups excluding carboxylic acids is 2. The molecular weight excluding hydrogens is 333 g/mol. The molecule has 25 heavy (non-hydrogen) atoms. The standard InChI is InChI=1S/C19H15F3O3/c1-2-25-18(24)16(17(23)14-6-4-3-5-7-14)12-13-8-10-15(11-9-13)19(20,21)22/h3-12H,2H2,1H3/b16-12+. The Balaban J connectivity index is 2.40. The van der Waals surface area contributed by atoms with Gasteiger partial charge in [-0.15, -0.1) is 0 Å². The molecule has 0 N–H and O–H groups in total. The van der Waals surface area contributed by atoms with Crippen molar-refractivity contribution in [2.45, 2.75) is 13.1 Å². The van der Waals surface area contributed by atoms with Crippen LogP contribution in [0.25, 0.3) is 6.08 Å². The molecule has 0 unspecified atom stereocenters. The molecule has 2 aromatic rings. The van der Waals surface area contributed by atoms with Crippen molar-refractivity contribution in [1.29, 1.82) is 0 Å². The molecule has 3 nitrogen and oxygen atoms in total. The van der Waals surface area contributed by atoms with Crippen molar-refractivity contribution in [1.82, 2.24) is 0 Å². The Morgan fingerprint density at radius 1 is 1.00 bits per heavy atom. The van der Waals surface area contributed by atoms with Gasteiger partial charge in [0.2, 0.25) is 0 Å². The van der Waals surface area contributed by atoms with E-state index in [4.69, 9.17) is 4.74 Å². The highest BCUT2D eigenvalue weighted by Crippen LogP contribution is 2.29. The van der Waals surface area contributed by atoms with Crippen molar-refractivity contribution >= 4 is 17.8 Å². The number of esters is 1. The van der Waals surface area contributed by atoms with Gasteiger partial charge >= 0.3 is 12.1 Å². The van der Waals surface area contributed by atoms with Crippen molar-refractivity contribution in [3.63, 3.8) is 0 Å². The lowest BCUT2D eigenvalue weighted by atomic mass is 10.0. The Bertz CT molecular complexity index is 776. The molecule has 0 bridgehead atoms. The van der Waals surface area contributed by atoms with E-state index in [0.29, 0.717) is 5.56 Å². The van der Waals surface area contributed by atoms with Crippen molar-refractivity contribution in [3.05, 3.63) is 76.9 Å². The van der Waals surface area contributed by atoms with Gasteiger partial charge in [-0.2, -0.15) is 13.2 Å². The second-order valence-corrected chi connectivity index (χ2v) is 5.09. The number of rotatable bonds is 5. The number of ether oxygens (including phenoxy) is 1. The van der Waals surface area contributed by atoms with Crippen LogP contribution in [0.4, 0.5) is 13.2 Å². The van der Waals surface area contributed by atoms with E-state index in [2.05, 4.69) is 0 Å². The van der Waals surface area contributed by atoms with Crippen LogP contribution in [0, 0.1) is 0 Å². The van der Waals surface area contributed by atoms with Crippen molar-refractivity contribution < 1.29 is 27.5 Å². The first kappa shape index (κ1) is 18.4. The van der Waals surface area contributed by atoms with Gasteiger partial charge in [0.25, 0.3) is 0 Å². The Kier molecular flexibility index (Phi) is 5.75. The van der Waals surface area contributed by atoms with E-state index in [0.717, 1.165) is 12.1 Å². The summed E-state index contributed by atoms with van der Waals surface area (Å²) in [5, 5.41) is 0. The Hall–Kier alpha value is -2.89. The summed E-state index contributed by atoms with van der Waals surface area (Å²) in [5.41, 5.74) is -0.474. The number of hydrogen-bond acceptors (Lipinski definition) is 3. The van der Waals surface area contributed by atoms with Crippen molar-refractivity contribution in [3.8, 4) is 0 Å². The number of halogens is 3. The number of benzene rings is 2. The van der Waals surface area contributed by atoms with Gasteiger partial charge in [0.1, 0.15) is 5.57 Å². The smallest absolute Gasteiger partial charge is 0.416 e. The second kappa shape index (κ2) is 7.79. The summed E-state index contributed by atoms with van der Waals surface area (Å²) in [7, 11) is 0. The van der Waals surface area contributed by atoms with Crippen molar-refractivity contribution in [2.75, 3.05) is 6.61 Å². The van der Waals surface area contributed by atoms with Crippen LogP contribution in [-0.4, -0.2) is 18.4 Å². The average Bonchev–Trinajstić information content (AvgIpc) is 2.59. The van der Waals surface area contributed by atoms with Gasteiger partial charge in [-0.05, 0) is 30.7 Å². The zero-order valence-corrected chi connectivity index (χ0v) is 13.3. The highest BCUT2D eigenvalue weighted by atomic mass is 19.4. The van der Waals surface area contributed by atoms with E-state index in [1.54, 1.807) is 37.3 Å².